The molecule has 0 unspecified atom stereocenters. The Morgan fingerprint density at radius 1 is 1.16 bits per heavy atom. The minimum absolute atomic E-state index is 0.118. The largest absolute Gasteiger partial charge is 0.380 e. The van der Waals surface area contributed by atoms with Crippen molar-refractivity contribution in [1.82, 2.24) is 4.98 Å². The number of nitrogens with one attached hydrogen (secondary N) is 2. The van der Waals surface area contributed by atoms with Crippen LogP contribution in [0, 0.1) is 6.92 Å². The Hall–Kier alpha value is -2.36. The molecular formula is C15H17N3O. The topological polar surface area (TPSA) is 54.0 Å². The average Bonchev–Trinajstić information content (AvgIpc) is 2.39. The zero-order valence-corrected chi connectivity index (χ0v) is 11.1. The first-order valence-electron chi connectivity index (χ1n) is 6.16. The highest BCUT2D eigenvalue weighted by atomic mass is 16.1. The van der Waals surface area contributed by atoms with E-state index in [1.54, 1.807) is 12.3 Å². The van der Waals surface area contributed by atoms with Crippen LogP contribution in [0.5, 0.6) is 0 Å². The summed E-state index contributed by atoms with van der Waals surface area (Å²) in [4.78, 5) is 15.0. The summed E-state index contributed by atoms with van der Waals surface area (Å²) in [6.45, 7) is 4.29. The smallest absolute Gasteiger partial charge is 0.222 e. The van der Waals surface area contributed by atoms with Crippen LogP contribution in [0.25, 0.3) is 0 Å². The highest BCUT2D eigenvalue weighted by Crippen LogP contribution is 2.11. The van der Waals surface area contributed by atoms with Crippen LogP contribution in [0.1, 0.15) is 18.1 Å². The molecule has 0 saturated heterocycles. The minimum atomic E-state index is -0.118. The van der Waals surface area contributed by atoms with Crippen LogP contribution < -0.4 is 10.6 Å². The van der Waals surface area contributed by atoms with Gasteiger partial charge in [0.2, 0.25) is 5.91 Å². The number of pyridine rings is 1. The van der Waals surface area contributed by atoms with E-state index in [1.165, 1.54) is 18.1 Å². The molecule has 98 valence electrons. The van der Waals surface area contributed by atoms with E-state index in [0.29, 0.717) is 5.82 Å². The first kappa shape index (κ1) is 13.1. The number of aromatic nitrogens is 1. The Labute approximate surface area is 112 Å². The van der Waals surface area contributed by atoms with E-state index in [-0.39, 0.29) is 5.91 Å². The van der Waals surface area contributed by atoms with Gasteiger partial charge in [0.1, 0.15) is 5.82 Å². The number of nitrogens with zero attached hydrogens (tertiary/aromatic N) is 1. The second-order valence-corrected chi connectivity index (χ2v) is 4.45. The van der Waals surface area contributed by atoms with Gasteiger partial charge in [-0.05, 0) is 24.6 Å². The molecule has 0 radical (unpaired) electrons. The summed E-state index contributed by atoms with van der Waals surface area (Å²) in [6, 6.07) is 12.1. The van der Waals surface area contributed by atoms with E-state index < -0.39 is 0 Å². The summed E-state index contributed by atoms with van der Waals surface area (Å²) in [5, 5.41) is 5.92. The van der Waals surface area contributed by atoms with Crippen molar-refractivity contribution in [2.45, 2.75) is 20.4 Å². The molecule has 1 heterocycles. The molecule has 0 atom stereocenters. The molecule has 2 rings (SSSR count). The third-order valence-electron chi connectivity index (χ3n) is 2.68. The fourth-order valence-electron chi connectivity index (χ4n) is 1.66. The Kier molecular flexibility index (Phi) is 4.13. The van der Waals surface area contributed by atoms with E-state index in [2.05, 4.69) is 46.8 Å². The van der Waals surface area contributed by atoms with Gasteiger partial charge in [-0.3, -0.25) is 4.79 Å². The van der Waals surface area contributed by atoms with E-state index in [1.807, 2.05) is 6.07 Å². The number of rotatable bonds is 4. The number of carbonyl (C=O) groups is 1. The van der Waals surface area contributed by atoms with Crippen LogP contribution >= 0.6 is 0 Å². The SMILES string of the molecule is CC(=O)Nc1ccc(NCc2ccc(C)cc2)cn1. The van der Waals surface area contributed by atoms with E-state index >= 15 is 0 Å². The van der Waals surface area contributed by atoms with Crippen LogP contribution in [-0.2, 0) is 11.3 Å². The van der Waals surface area contributed by atoms with Gasteiger partial charge in [0, 0.05) is 13.5 Å². The van der Waals surface area contributed by atoms with Gasteiger partial charge in [0.25, 0.3) is 0 Å². The third kappa shape index (κ3) is 4.10. The lowest BCUT2D eigenvalue weighted by atomic mass is 10.1. The summed E-state index contributed by atoms with van der Waals surface area (Å²) in [5.41, 5.74) is 3.40. The van der Waals surface area contributed by atoms with Gasteiger partial charge in [-0.15, -0.1) is 0 Å². The molecule has 0 spiro atoms. The monoisotopic (exact) mass is 255 g/mol. The molecule has 1 aromatic heterocycles. The summed E-state index contributed by atoms with van der Waals surface area (Å²) in [7, 11) is 0. The van der Waals surface area contributed by atoms with Crippen LogP contribution in [0.4, 0.5) is 11.5 Å². The number of hydrogen-bond donors (Lipinski definition) is 2. The quantitative estimate of drug-likeness (QED) is 0.883. The normalized spacial score (nSPS) is 10.0. The highest BCUT2D eigenvalue weighted by Gasteiger charge is 1.98. The van der Waals surface area contributed by atoms with Crippen molar-refractivity contribution in [3.8, 4) is 0 Å². The van der Waals surface area contributed by atoms with Gasteiger partial charge < -0.3 is 10.6 Å². The van der Waals surface area contributed by atoms with Crippen molar-refractivity contribution < 1.29 is 4.79 Å². The Morgan fingerprint density at radius 2 is 1.89 bits per heavy atom. The Morgan fingerprint density at radius 3 is 2.47 bits per heavy atom. The van der Waals surface area contributed by atoms with Gasteiger partial charge in [-0.25, -0.2) is 4.98 Å². The lowest BCUT2D eigenvalue weighted by Gasteiger charge is -2.07. The molecule has 19 heavy (non-hydrogen) atoms. The molecule has 4 nitrogen and oxygen atoms in total. The Bertz CT molecular complexity index is 547. The summed E-state index contributed by atoms with van der Waals surface area (Å²) in [6.07, 6.45) is 1.71. The molecule has 2 aromatic rings. The average molecular weight is 255 g/mol. The van der Waals surface area contributed by atoms with Crippen molar-refractivity contribution in [2.24, 2.45) is 0 Å². The molecule has 0 aliphatic rings. The summed E-state index contributed by atoms with van der Waals surface area (Å²) < 4.78 is 0. The Balaban J connectivity index is 1.92. The second-order valence-electron chi connectivity index (χ2n) is 4.45. The van der Waals surface area contributed by atoms with Crippen LogP contribution in [0.3, 0.4) is 0 Å². The maximum absolute atomic E-state index is 10.9. The minimum Gasteiger partial charge on any atom is -0.380 e. The fourth-order valence-corrected chi connectivity index (χ4v) is 1.66. The van der Waals surface area contributed by atoms with Crippen molar-refractivity contribution >= 4 is 17.4 Å². The first-order chi connectivity index (χ1) is 9.13. The van der Waals surface area contributed by atoms with E-state index in [0.717, 1.165) is 12.2 Å². The van der Waals surface area contributed by atoms with Crippen molar-refractivity contribution in [2.75, 3.05) is 10.6 Å². The van der Waals surface area contributed by atoms with E-state index in [4.69, 9.17) is 0 Å². The van der Waals surface area contributed by atoms with Crippen LogP contribution in [0.2, 0.25) is 0 Å². The molecule has 0 fully saturated rings. The molecule has 2 N–H and O–H groups in total. The zero-order valence-electron chi connectivity index (χ0n) is 11.1. The molecule has 1 amide bonds. The van der Waals surface area contributed by atoms with Crippen molar-refractivity contribution in [3.05, 3.63) is 53.7 Å². The highest BCUT2D eigenvalue weighted by molar-refractivity contribution is 5.87. The predicted octanol–water partition coefficient (Wildman–Crippen LogP) is 2.96. The van der Waals surface area contributed by atoms with Crippen molar-refractivity contribution in [3.63, 3.8) is 0 Å². The van der Waals surface area contributed by atoms with Gasteiger partial charge in [-0.2, -0.15) is 0 Å². The molecular weight excluding hydrogens is 238 g/mol. The van der Waals surface area contributed by atoms with Crippen LogP contribution in [0.15, 0.2) is 42.6 Å². The second kappa shape index (κ2) is 6.00. The number of carbonyl (C=O) groups excluding carboxylic acids is 1. The summed E-state index contributed by atoms with van der Waals surface area (Å²) in [5.74, 6) is 0.446. The number of hydrogen-bond acceptors (Lipinski definition) is 3. The number of amides is 1. The maximum atomic E-state index is 10.9. The van der Waals surface area contributed by atoms with Gasteiger partial charge >= 0.3 is 0 Å². The lowest BCUT2D eigenvalue weighted by molar-refractivity contribution is -0.114. The summed E-state index contributed by atoms with van der Waals surface area (Å²) >= 11 is 0. The molecule has 0 aliphatic carbocycles. The predicted molar refractivity (Wildman–Crippen MR) is 77.0 cm³/mol. The number of aryl methyl sites for hydroxylation is 1. The van der Waals surface area contributed by atoms with E-state index in [9.17, 15) is 4.79 Å². The molecule has 1 aromatic carbocycles. The molecule has 4 heteroatoms. The van der Waals surface area contributed by atoms with Crippen molar-refractivity contribution in [1.29, 1.82) is 0 Å². The number of anilines is 2. The first-order valence-corrected chi connectivity index (χ1v) is 6.16. The molecule has 0 bridgehead atoms. The van der Waals surface area contributed by atoms with Gasteiger partial charge in [0.15, 0.2) is 0 Å². The van der Waals surface area contributed by atoms with Crippen LogP contribution in [-0.4, -0.2) is 10.9 Å². The number of benzene rings is 1. The standard InChI is InChI=1S/C15H17N3O/c1-11-3-5-13(6-4-11)9-16-14-7-8-15(17-10-14)18-12(2)19/h3-8,10,16H,9H2,1-2H3,(H,17,18,19). The third-order valence-corrected chi connectivity index (χ3v) is 2.68. The zero-order chi connectivity index (χ0) is 13.7. The van der Waals surface area contributed by atoms with Gasteiger partial charge in [0.05, 0.1) is 11.9 Å². The maximum Gasteiger partial charge on any atom is 0.222 e. The molecule has 0 aliphatic heterocycles. The fraction of sp³-hybridized carbons (Fsp3) is 0.200. The lowest BCUT2D eigenvalue weighted by Crippen LogP contribution is -2.07. The molecule has 0 saturated carbocycles. The van der Waals surface area contributed by atoms with Gasteiger partial charge in [-0.1, -0.05) is 29.8 Å².